The lowest BCUT2D eigenvalue weighted by atomic mass is 10.2. The van der Waals surface area contributed by atoms with E-state index in [0.717, 1.165) is 31.6 Å². The summed E-state index contributed by atoms with van der Waals surface area (Å²) in [5.41, 5.74) is 0.616. The number of hydrogen-bond acceptors (Lipinski definition) is 3. The zero-order valence-electron chi connectivity index (χ0n) is 8.19. The molecule has 78 valence electrons. The molecule has 0 saturated carbocycles. The van der Waals surface area contributed by atoms with Crippen LogP contribution in [0, 0.1) is 0 Å². The molecular weight excluding hydrogens is 256 g/mol. The van der Waals surface area contributed by atoms with Gasteiger partial charge in [0.25, 0.3) is 0 Å². The molecule has 0 N–H and O–H groups in total. The Morgan fingerprint density at radius 2 is 2.33 bits per heavy atom. The minimum absolute atomic E-state index is 0.616. The molecule has 0 aromatic carbocycles. The number of halogens is 1. The third-order valence-corrected chi connectivity index (χ3v) is 2.91. The van der Waals surface area contributed by atoms with Gasteiger partial charge in [0, 0.05) is 22.8 Å². The molecule has 0 fully saturated rings. The van der Waals surface area contributed by atoms with E-state index in [9.17, 15) is 4.79 Å². The quantitative estimate of drug-likeness (QED) is 0.771. The van der Waals surface area contributed by atoms with Gasteiger partial charge in [-0.1, -0.05) is 22.0 Å². The van der Waals surface area contributed by atoms with Crippen molar-refractivity contribution in [2.75, 3.05) is 18.0 Å². The molecule has 1 aromatic rings. The molecule has 2 heterocycles. The first kappa shape index (κ1) is 10.4. The predicted octanol–water partition coefficient (Wildman–Crippen LogP) is 2.38. The van der Waals surface area contributed by atoms with Crippen molar-refractivity contribution in [2.45, 2.75) is 6.42 Å². The maximum absolute atomic E-state index is 10.5. The highest BCUT2D eigenvalue weighted by Crippen LogP contribution is 2.20. The van der Waals surface area contributed by atoms with Crippen LogP contribution in [0.15, 0.2) is 28.9 Å². The van der Waals surface area contributed by atoms with Crippen molar-refractivity contribution >= 4 is 28.0 Å². The van der Waals surface area contributed by atoms with Gasteiger partial charge in [-0.25, -0.2) is 4.98 Å². The number of pyridine rings is 1. The van der Waals surface area contributed by atoms with E-state index in [1.54, 1.807) is 12.3 Å². The van der Waals surface area contributed by atoms with Crippen LogP contribution in [0.4, 0.5) is 5.82 Å². The van der Waals surface area contributed by atoms with Crippen LogP contribution in [0.5, 0.6) is 0 Å². The van der Waals surface area contributed by atoms with Gasteiger partial charge in [0.1, 0.15) is 5.82 Å². The largest absolute Gasteiger partial charge is 0.351 e. The van der Waals surface area contributed by atoms with Gasteiger partial charge in [-0.15, -0.1) is 0 Å². The fraction of sp³-hybridized carbons (Fsp3) is 0.273. The molecule has 1 aliphatic heterocycles. The van der Waals surface area contributed by atoms with Crippen molar-refractivity contribution in [3.63, 3.8) is 0 Å². The van der Waals surface area contributed by atoms with Crippen LogP contribution in [0.2, 0.25) is 0 Å². The topological polar surface area (TPSA) is 33.2 Å². The average Bonchev–Trinajstić information content (AvgIpc) is 2.29. The summed E-state index contributed by atoms with van der Waals surface area (Å²) in [6, 6.07) is 3.68. The Balaban J connectivity index is 2.15. The second-order valence-corrected chi connectivity index (χ2v) is 4.45. The van der Waals surface area contributed by atoms with Crippen LogP contribution >= 0.6 is 15.9 Å². The van der Waals surface area contributed by atoms with Gasteiger partial charge in [0.05, 0.1) is 6.54 Å². The summed E-state index contributed by atoms with van der Waals surface area (Å²) < 4.78 is 1.19. The maximum Gasteiger partial charge on any atom is 0.151 e. The lowest BCUT2D eigenvalue weighted by molar-refractivity contribution is 0.112. The van der Waals surface area contributed by atoms with E-state index in [4.69, 9.17) is 0 Å². The monoisotopic (exact) mass is 266 g/mol. The number of carbonyl (C=O) groups is 1. The first-order chi connectivity index (χ1) is 7.29. The molecular formula is C11H11BrN2O. The molecule has 0 spiro atoms. The van der Waals surface area contributed by atoms with Crippen LogP contribution in [0.25, 0.3) is 0 Å². The van der Waals surface area contributed by atoms with Gasteiger partial charge < -0.3 is 4.90 Å². The zero-order chi connectivity index (χ0) is 10.7. The summed E-state index contributed by atoms with van der Waals surface area (Å²) in [6.45, 7) is 1.83. The summed E-state index contributed by atoms with van der Waals surface area (Å²) >= 11 is 3.49. The van der Waals surface area contributed by atoms with Crippen molar-refractivity contribution in [3.8, 4) is 0 Å². The summed E-state index contributed by atoms with van der Waals surface area (Å²) in [7, 11) is 0. The van der Waals surface area contributed by atoms with Crippen LogP contribution in [-0.2, 0) is 0 Å². The fourth-order valence-electron chi connectivity index (χ4n) is 1.55. The van der Waals surface area contributed by atoms with E-state index in [1.807, 2.05) is 6.07 Å². The zero-order valence-corrected chi connectivity index (χ0v) is 9.77. The second-order valence-electron chi connectivity index (χ2n) is 3.43. The molecule has 1 aromatic heterocycles. The van der Waals surface area contributed by atoms with Crippen molar-refractivity contribution < 1.29 is 4.79 Å². The Kier molecular flexibility index (Phi) is 3.16. The van der Waals surface area contributed by atoms with E-state index in [0.29, 0.717) is 5.56 Å². The Hall–Kier alpha value is -1.16. The number of aldehydes is 1. The molecule has 4 heteroatoms. The van der Waals surface area contributed by atoms with Crippen LogP contribution in [0.3, 0.4) is 0 Å². The molecule has 0 unspecified atom stereocenters. The van der Waals surface area contributed by atoms with E-state index < -0.39 is 0 Å². The van der Waals surface area contributed by atoms with Crippen molar-refractivity contribution in [3.05, 3.63) is 34.5 Å². The van der Waals surface area contributed by atoms with E-state index in [1.165, 1.54) is 4.48 Å². The van der Waals surface area contributed by atoms with Crippen molar-refractivity contribution in [1.29, 1.82) is 0 Å². The van der Waals surface area contributed by atoms with E-state index >= 15 is 0 Å². The van der Waals surface area contributed by atoms with Gasteiger partial charge >= 0.3 is 0 Å². The van der Waals surface area contributed by atoms with Crippen molar-refractivity contribution in [2.24, 2.45) is 0 Å². The molecule has 0 aliphatic carbocycles. The van der Waals surface area contributed by atoms with E-state index in [-0.39, 0.29) is 0 Å². The highest BCUT2D eigenvalue weighted by molar-refractivity contribution is 9.11. The number of aromatic nitrogens is 1. The molecule has 3 nitrogen and oxygen atoms in total. The minimum atomic E-state index is 0.616. The fourth-order valence-corrected chi connectivity index (χ4v) is 2.08. The molecule has 1 aliphatic rings. The molecule has 2 rings (SSSR count). The predicted molar refractivity (Wildman–Crippen MR) is 63.5 cm³/mol. The first-order valence-electron chi connectivity index (χ1n) is 4.80. The van der Waals surface area contributed by atoms with Crippen LogP contribution < -0.4 is 4.90 Å². The van der Waals surface area contributed by atoms with Crippen LogP contribution in [0.1, 0.15) is 16.8 Å². The smallest absolute Gasteiger partial charge is 0.151 e. The average molecular weight is 267 g/mol. The van der Waals surface area contributed by atoms with E-state index in [2.05, 4.69) is 31.9 Å². The number of nitrogens with zero attached hydrogens (tertiary/aromatic N) is 2. The number of carbonyl (C=O) groups excluding carboxylic acids is 1. The Bertz CT molecular complexity index is 386. The lowest BCUT2D eigenvalue weighted by Gasteiger charge is -2.26. The molecule has 0 bridgehead atoms. The number of anilines is 1. The maximum atomic E-state index is 10.5. The summed E-state index contributed by atoms with van der Waals surface area (Å²) in [5.74, 6) is 0.922. The SMILES string of the molecule is O=Cc1ccc(N2CCC=C(Br)C2)nc1. The number of rotatable bonds is 2. The second kappa shape index (κ2) is 4.57. The summed E-state index contributed by atoms with van der Waals surface area (Å²) in [4.78, 5) is 16.9. The Morgan fingerprint density at radius 1 is 1.47 bits per heavy atom. The van der Waals surface area contributed by atoms with Crippen molar-refractivity contribution in [1.82, 2.24) is 4.98 Å². The summed E-state index contributed by atoms with van der Waals surface area (Å²) in [6.07, 6.45) is 5.62. The highest BCUT2D eigenvalue weighted by Gasteiger charge is 2.12. The Morgan fingerprint density at radius 3 is 2.93 bits per heavy atom. The standard InChI is InChI=1S/C11H11BrN2O/c12-10-2-1-5-14(7-10)11-4-3-9(8-15)6-13-11/h2-4,6,8H,1,5,7H2. The van der Waals surface area contributed by atoms with Gasteiger partial charge in [0.2, 0.25) is 0 Å². The molecule has 0 amide bonds. The van der Waals surface area contributed by atoms with Gasteiger partial charge in [0.15, 0.2) is 6.29 Å². The molecule has 15 heavy (non-hydrogen) atoms. The highest BCUT2D eigenvalue weighted by atomic mass is 79.9. The first-order valence-corrected chi connectivity index (χ1v) is 5.59. The van der Waals surface area contributed by atoms with Gasteiger partial charge in [-0.05, 0) is 18.6 Å². The van der Waals surface area contributed by atoms with Gasteiger partial charge in [-0.2, -0.15) is 0 Å². The number of hydrogen-bond donors (Lipinski definition) is 0. The Labute approximate surface area is 96.9 Å². The van der Waals surface area contributed by atoms with Crippen LogP contribution in [-0.4, -0.2) is 24.4 Å². The molecule has 0 atom stereocenters. The third kappa shape index (κ3) is 2.45. The molecule has 0 radical (unpaired) electrons. The third-order valence-electron chi connectivity index (χ3n) is 2.34. The summed E-state index contributed by atoms with van der Waals surface area (Å²) in [5, 5.41) is 0. The molecule has 0 saturated heterocycles. The minimum Gasteiger partial charge on any atom is -0.351 e. The normalized spacial score (nSPS) is 16.1. The lowest BCUT2D eigenvalue weighted by Crippen LogP contribution is -2.29. The van der Waals surface area contributed by atoms with Gasteiger partial charge in [-0.3, -0.25) is 4.79 Å².